The maximum absolute atomic E-state index is 15.3. The molecule has 0 aliphatic carbocycles. The number of phenols is 1. The Labute approximate surface area is 651 Å². The Kier molecular flexibility index (Phi) is 30.7. The Morgan fingerprint density at radius 2 is 0.956 bits per heavy atom. The molecule has 22 N–H and O–H groups in total. The van der Waals surface area contributed by atoms with Crippen molar-refractivity contribution in [1.29, 1.82) is 5.41 Å². The lowest BCUT2D eigenvalue weighted by molar-refractivity contribution is -0.142. The number of rotatable bonds is 41. The van der Waals surface area contributed by atoms with Gasteiger partial charge in [0.1, 0.15) is 72.2 Å². The molecule has 14 amide bonds. The highest BCUT2D eigenvalue weighted by atomic mass is 16.3. The minimum absolute atomic E-state index is 0.0442. The molecule has 0 unspecified atom stereocenters. The minimum Gasteiger partial charge on any atom is -0.508 e. The van der Waals surface area contributed by atoms with Gasteiger partial charge in [-0.3, -0.25) is 72.5 Å². The van der Waals surface area contributed by atoms with Crippen molar-refractivity contribution in [2.75, 3.05) is 32.8 Å². The molecule has 3 saturated heterocycles. The number of likely N-dealkylation sites (tertiary alicyclic amines) is 1. The van der Waals surface area contributed by atoms with E-state index in [0.29, 0.717) is 39.6 Å². The zero-order valence-electron chi connectivity index (χ0n) is 63.0. The van der Waals surface area contributed by atoms with Crippen molar-refractivity contribution in [2.24, 2.45) is 17.4 Å². The number of nitrogens with two attached hydrogens (primary N) is 2. The first-order valence-corrected chi connectivity index (χ1v) is 38.0. The van der Waals surface area contributed by atoms with Gasteiger partial charge in [-0.1, -0.05) is 92.7 Å². The number of benzene rings is 4. The van der Waals surface area contributed by atoms with Gasteiger partial charge < -0.3 is 106 Å². The number of aromatic nitrogens is 2. The predicted octanol–water partition coefficient (Wildman–Crippen LogP) is -1.76. The van der Waals surface area contributed by atoms with Gasteiger partial charge in [0.2, 0.25) is 82.7 Å². The summed E-state index contributed by atoms with van der Waals surface area (Å²) >= 11 is 0. The molecule has 5 heterocycles. The molecule has 9 rings (SSSR count). The van der Waals surface area contributed by atoms with Crippen molar-refractivity contribution in [2.45, 2.75) is 183 Å². The summed E-state index contributed by atoms with van der Waals surface area (Å²) in [7, 11) is 0. The number of aliphatic hydroxyl groups excluding tert-OH is 1. The highest BCUT2D eigenvalue weighted by molar-refractivity contribution is 6.01. The van der Waals surface area contributed by atoms with E-state index in [1.165, 1.54) is 29.2 Å². The SMILES string of the molecule is CC(C)C[C@H](NC(=O)[C@@H](CCCCNC(=O)[C@H](Cc1c[nH]c2ccccc12)NC(=O)[C@@H]1CCC(=O)N1)NC(=O)[C@H](Cc1ccc(O)cc1)NC(=O)[C@H](CO)NC(=O)[C@@H](Cc1c[nH]c2ccccc12)NC(=O)[C@@H](Cc1ccccc1)NC(=O)[C@@H]1CCC(=O)N1)C(=O)N[C@@H](CCCNC(=N)N)C(=O)N1CCC[C@H]1C(=O)NCC(N)=O. The fourth-order valence-corrected chi connectivity index (χ4v) is 14.0. The number of phenolic OH excluding ortho intramolecular Hbond substituents is 1. The van der Waals surface area contributed by atoms with Crippen LogP contribution in [0.4, 0.5) is 0 Å². The number of para-hydroxylation sites is 2. The molecule has 0 saturated carbocycles. The summed E-state index contributed by atoms with van der Waals surface area (Å²) < 4.78 is 0. The van der Waals surface area contributed by atoms with Crippen LogP contribution >= 0.6 is 0 Å². The summed E-state index contributed by atoms with van der Waals surface area (Å²) in [6.45, 7) is 2.11. The van der Waals surface area contributed by atoms with E-state index in [9.17, 15) is 67.7 Å². The van der Waals surface area contributed by atoms with Crippen LogP contribution in [-0.2, 0) is 92.8 Å². The topological polar surface area (TPSA) is 547 Å². The van der Waals surface area contributed by atoms with Crippen LogP contribution in [0.1, 0.15) is 113 Å². The van der Waals surface area contributed by atoms with Gasteiger partial charge in [-0.25, -0.2) is 0 Å². The molecule has 3 aliphatic rings. The van der Waals surface area contributed by atoms with Crippen LogP contribution in [0, 0.1) is 11.3 Å². The quantitative estimate of drug-likeness (QED) is 0.0115. The van der Waals surface area contributed by atoms with E-state index in [0.717, 1.165) is 10.9 Å². The predicted molar refractivity (Wildman–Crippen MR) is 413 cm³/mol. The fourth-order valence-electron chi connectivity index (χ4n) is 14.0. The number of nitrogens with zero attached hydrogens (tertiary/aromatic N) is 1. The molecule has 11 atom stereocenters. The molecule has 35 heteroatoms. The smallest absolute Gasteiger partial charge is 0.245 e. The van der Waals surface area contributed by atoms with E-state index in [1.807, 2.05) is 24.3 Å². The van der Waals surface area contributed by atoms with E-state index in [1.54, 1.807) is 80.8 Å². The molecule has 6 aromatic rings. The van der Waals surface area contributed by atoms with Gasteiger partial charge in [0.05, 0.1) is 13.2 Å². The number of H-pyrrole nitrogens is 2. The van der Waals surface area contributed by atoms with Gasteiger partial charge in [-0.15, -0.1) is 0 Å². The highest BCUT2D eigenvalue weighted by Crippen LogP contribution is 2.24. The van der Waals surface area contributed by atoms with Gasteiger partial charge in [-0.05, 0) is 117 Å². The Morgan fingerprint density at radius 3 is 1.50 bits per heavy atom. The second kappa shape index (κ2) is 41.0. The molecular formula is C78H101N19O16. The summed E-state index contributed by atoms with van der Waals surface area (Å²) in [6.07, 6.45) is 4.05. The molecule has 0 bridgehead atoms. The van der Waals surface area contributed by atoms with E-state index < -0.39 is 150 Å². The Morgan fingerprint density at radius 1 is 0.496 bits per heavy atom. The number of aromatic hydroxyl groups is 1. The summed E-state index contributed by atoms with van der Waals surface area (Å²) in [5.41, 5.74) is 14.6. The third kappa shape index (κ3) is 24.8. The molecule has 0 radical (unpaired) electrons. The maximum atomic E-state index is 15.3. The van der Waals surface area contributed by atoms with Gasteiger partial charge in [0.25, 0.3) is 0 Å². The number of aromatic amines is 2. The van der Waals surface area contributed by atoms with Crippen molar-refractivity contribution >= 4 is 110 Å². The van der Waals surface area contributed by atoms with Crippen molar-refractivity contribution in [3.8, 4) is 5.75 Å². The van der Waals surface area contributed by atoms with Crippen LogP contribution in [0.15, 0.2) is 116 Å². The van der Waals surface area contributed by atoms with Crippen LogP contribution in [0.2, 0.25) is 0 Å². The highest BCUT2D eigenvalue weighted by Gasteiger charge is 2.41. The van der Waals surface area contributed by atoms with Gasteiger partial charge in [0.15, 0.2) is 5.96 Å². The molecule has 3 fully saturated rings. The standard InChI is InChI=1S/C78H101N19O16/c1-43(2)34-57(71(107)90-56(21-12-32-83-78(80)81)77(113)97-33-13-22-63(97)76(112)86-41-64(79)100)91-68(104)53(20-10-11-31-82-67(103)60(94-70(106)55-28-30-66(102)88-55)37-46-39-84-51-18-8-6-16-49(46)51)89-72(108)59(36-45-23-25-48(99)26-24-45)93-75(111)62(42-98)96-74(110)61(38-47-40-85-52-19-9-7-17-50(47)52)95-73(109)58(35-44-14-4-3-5-15-44)92-69(105)54-27-29-65(101)87-54/h3-9,14-19,23-26,39-40,43,53-63,84-85,98-99H,10-13,20-22,27-38,41-42H2,1-2H3,(H2,79,100)(H,82,103)(H,86,112)(H,87,101)(H,88,102)(H,89,108)(H,90,107)(H,91,104)(H,92,105)(H,93,111)(H,94,106)(H,95,109)(H,96,110)(H4,80,81,83)/t53-,54+,55+,56+,57+,58-,59+,60+,61-,62+,63+/m1/s1. The molecule has 113 heavy (non-hydrogen) atoms. The molecule has 2 aromatic heterocycles. The Hall–Kier alpha value is -12.4. The Balaban J connectivity index is 0.975. The van der Waals surface area contributed by atoms with Crippen LogP contribution in [0.5, 0.6) is 5.75 Å². The van der Waals surface area contributed by atoms with Crippen molar-refractivity contribution in [3.63, 3.8) is 0 Å². The minimum atomic E-state index is -1.86. The second-order valence-corrected chi connectivity index (χ2v) is 28.9. The van der Waals surface area contributed by atoms with E-state index >= 15 is 9.59 Å². The second-order valence-electron chi connectivity index (χ2n) is 28.9. The third-order valence-corrected chi connectivity index (χ3v) is 19.9. The summed E-state index contributed by atoms with van der Waals surface area (Å²) in [6, 6.07) is 14.1. The largest absolute Gasteiger partial charge is 0.508 e. The first-order chi connectivity index (χ1) is 54.2. The monoisotopic (exact) mass is 1560 g/mol. The van der Waals surface area contributed by atoms with E-state index in [2.05, 4.69) is 79.1 Å². The van der Waals surface area contributed by atoms with Gasteiger partial charge in [-0.2, -0.15) is 0 Å². The number of nitrogens with one attached hydrogen (secondary N) is 16. The lowest BCUT2D eigenvalue weighted by Crippen LogP contribution is -2.61. The summed E-state index contributed by atoms with van der Waals surface area (Å²) in [5.74, 6) is -11.1. The lowest BCUT2D eigenvalue weighted by Gasteiger charge is -2.31. The number of unbranched alkanes of at least 4 members (excludes halogenated alkanes) is 1. The molecule has 3 aliphatic heterocycles. The van der Waals surface area contributed by atoms with Crippen molar-refractivity contribution in [1.82, 2.24) is 84.0 Å². The number of carbonyl (C=O) groups is 14. The number of amides is 14. The number of primary amides is 1. The molecule has 604 valence electrons. The number of fused-ring (bicyclic) bond motifs is 2. The van der Waals surface area contributed by atoms with Gasteiger partial charge in [0, 0.05) is 92.4 Å². The first kappa shape index (κ1) is 84.6. The van der Waals surface area contributed by atoms with Crippen molar-refractivity contribution in [3.05, 3.63) is 138 Å². The van der Waals surface area contributed by atoms with Crippen LogP contribution in [0.3, 0.4) is 0 Å². The number of aliphatic hydroxyl groups is 1. The summed E-state index contributed by atoms with van der Waals surface area (Å²) in [4.78, 5) is 203. The average Bonchev–Trinajstić information content (AvgIpc) is 1.72. The third-order valence-electron chi connectivity index (χ3n) is 19.9. The fraction of sp³-hybridized carbons (Fsp3) is 0.449. The summed E-state index contributed by atoms with van der Waals surface area (Å²) in [5, 5.41) is 65.5. The number of hydrogen-bond donors (Lipinski definition) is 20. The van der Waals surface area contributed by atoms with Crippen molar-refractivity contribution < 1.29 is 77.3 Å². The van der Waals surface area contributed by atoms with Crippen LogP contribution < -0.4 is 80.6 Å². The molecule has 4 aromatic carbocycles. The number of hydrogen-bond acceptors (Lipinski definition) is 17. The zero-order valence-corrected chi connectivity index (χ0v) is 63.0. The van der Waals surface area contributed by atoms with E-state index in [-0.39, 0.29) is 145 Å². The number of guanidine groups is 1. The normalized spacial score (nSPS) is 17.3. The Bertz CT molecular complexity index is 4420. The van der Waals surface area contributed by atoms with Crippen LogP contribution in [0.25, 0.3) is 21.8 Å². The molecular weight excluding hydrogens is 1460 g/mol. The first-order valence-electron chi connectivity index (χ1n) is 38.0. The average molecular weight is 1560 g/mol. The molecule has 0 spiro atoms. The number of carbonyl (C=O) groups excluding carboxylic acids is 14. The maximum Gasteiger partial charge on any atom is 0.245 e. The lowest BCUT2D eigenvalue weighted by atomic mass is 10.00. The molecule has 35 nitrogen and oxygen atoms in total. The van der Waals surface area contributed by atoms with E-state index in [4.69, 9.17) is 16.9 Å². The van der Waals surface area contributed by atoms with Gasteiger partial charge >= 0.3 is 0 Å². The zero-order chi connectivity index (χ0) is 81.3. The van der Waals surface area contributed by atoms with Crippen LogP contribution in [-0.4, -0.2) is 213 Å².